The standard InChI is InChI=1S/C14H19F3N2/c1-8(2)14-6-18-9(3)7-19(14)13-5-11(16)10(15)4-12(13)17/h4-5,8-9,14,18H,6-7H2,1-3H3. The van der Waals surface area contributed by atoms with E-state index in [1.54, 1.807) is 0 Å². The largest absolute Gasteiger partial charge is 0.363 e. The Morgan fingerprint density at radius 3 is 2.42 bits per heavy atom. The Kier molecular flexibility index (Phi) is 4.04. The summed E-state index contributed by atoms with van der Waals surface area (Å²) in [5, 5.41) is 3.33. The first-order chi connectivity index (χ1) is 8.90. The molecule has 0 radical (unpaired) electrons. The van der Waals surface area contributed by atoms with Gasteiger partial charge in [-0.2, -0.15) is 0 Å². The van der Waals surface area contributed by atoms with E-state index in [4.69, 9.17) is 0 Å². The Balaban J connectivity index is 2.38. The predicted octanol–water partition coefficient (Wildman–Crippen LogP) is 2.93. The summed E-state index contributed by atoms with van der Waals surface area (Å²) >= 11 is 0. The Morgan fingerprint density at radius 1 is 1.16 bits per heavy atom. The minimum atomic E-state index is -1.15. The summed E-state index contributed by atoms with van der Waals surface area (Å²) < 4.78 is 40.3. The van der Waals surface area contributed by atoms with Crippen LogP contribution in [0.25, 0.3) is 0 Å². The predicted molar refractivity (Wildman–Crippen MR) is 69.8 cm³/mol. The van der Waals surface area contributed by atoms with Gasteiger partial charge < -0.3 is 10.2 Å². The van der Waals surface area contributed by atoms with E-state index in [1.165, 1.54) is 0 Å². The van der Waals surface area contributed by atoms with Crippen molar-refractivity contribution in [2.45, 2.75) is 32.9 Å². The summed E-state index contributed by atoms with van der Waals surface area (Å²) in [6.45, 7) is 7.34. The van der Waals surface area contributed by atoms with Gasteiger partial charge in [0.05, 0.1) is 5.69 Å². The second kappa shape index (κ2) is 5.41. The third-order valence-electron chi connectivity index (χ3n) is 3.62. The molecule has 2 atom stereocenters. The van der Waals surface area contributed by atoms with Crippen molar-refractivity contribution in [3.63, 3.8) is 0 Å². The molecule has 0 bridgehead atoms. The van der Waals surface area contributed by atoms with Gasteiger partial charge in [0.1, 0.15) is 5.82 Å². The lowest BCUT2D eigenvalue weighted by molar-refractivity contribution is 0.345. The molecule has 0 amide bonds. The Morgan fingerprint density at radius 2 is 1.79 bits per heavy atom. The monoisotopic (exact) mass is 272 g/mol. The van der Waals surface area contributed by atoms with Gasteiger partial charge in [0.25, 0.3) is 0 Å². The minimum absolute atomic E-state index is 0.0653. The lowest BCUT2D eigenvalue weighted by Gasteiger charge is -2.43. The van der Waals surface area contributed by atoms with Crippen LogP contribution >= 0.6 is 0 Å². The molecule has 0 aliphatic carbocycles. The number of nitrogens with zero attached hydrogens (tertiary/aromatic N) is 1. The highest BCUT2D eigenvalue weighted by atomic mass is 19.2. The maximum Gasteiger partial charge on any atom is 0.161 e. The molecule has 2 unspecified atom stereocenters. The van der Waals surface area contributed by atoms with Crippen molar-refractivity contribution in [1.82, 2.24) is 5.32 Å². The second-order valence-corrected chi connectivity index (χ2v) is 5.49. The van der Waals surface area contributed by atoms with Crippen molar-refractivity contribution < 1.29 is 13.2 Å². The molecule has 1 aliphatic rings. The third kappa shape index (κ3) is 2.86. The highest BCUT2D eigenvalue weighted by molar-refractivity contribution is 5.50. The Hall–Kier alpha value is -1.23. The van der Waals surface area contributed by atoms with Crippen molar-refractivity contribution in [1.29, 1.82) is 0 Å². The number of halogens is 3. The van der Waals surface area contributed by atoms with Crippen LogP contribution in [0.5, 0.6) is 0 Å². The minimum Gasteiger partial charge on any atom is -0.363 e. The molecule has 0 saturated carbocycles. The van der Waals surface area contributed by atoms with Crippen molar-refractivity contribution in [2.75, 3.05) is 18.0 Å². The molecule has 0 spiro atoms. The lowest BCUT2D eigenvalue weighted by Crippen LogP contribution is -2.57. The van der Waals surface area contributed by atoms with Gasteiger partial charge in [0, 0.05) is 37.3 Å². The van der Waals surface area contributed by atoms with Crippen LogP contribution in [0.1, 0.15) is 20.8 Å². The first-order valence-electron chi connectivity index (χ1n) is 6.54. The zero-order chi connectivity index (χ0) is 14.2. The van der Waals surface area contributed by atoms with E-state index in [0.29, 0.717) is 19.2 Å². The van der Waals surface area contributed by atoms with E-state index < -0.39 is 17.5 Å². The van der Waals surface area contributed by atoms with E-state index in [2.05, 4.69) is 5.32 Å². The first-order valence-corrected chi connectivity index (χ1v) is 6.54. The fraction of sp³-hybridized carbons (Fsp3) is 0.571. The lowest BCUT2D eigenvalue weighted by atomic mass is 9.98. The molecule has 5 heteroatoms. The molecule has 2 nitrogen and oxygen atoms in total. The van der Waals surface area contributed by atoms with E-state index in [9.17, 15) is 13.2 Å². The van der Waals surface area contributed by atoms with Crippen LogP contribution in [0, 0.1) is 23.4 Å². The summed E-state index contributed by atoms with van der Waals surface area (Å²) in [4.78, 5) is 1.84. The molecule has 1 aromatic carbocycles. The highest BCUT2D eigenvalue weighted by Gasteiger charge is 2.30. The summed E-state index contributed by atoms with van der Waals surface area (Å²) in [7, 11) is 0. The van der Waals surface area contributed by atoms with Gasteiger partial charge in [-0.25, -0.2) is 13.2 Å². The molecule has 2 rings (SSSR count). The van der Waals surface area contributed by atoms with Crippen LogP contribution in [-0.2, 0) is 0 Å². The molecule has 1 heterocycles. The number of hydrogen-bond acceptors (Lipinski definition) is 2. The molecular formula is C14H19F3N2. The summed E-state index contributed by atoms with van der Waals surface area (Å²) in [5.41, 5.74) is 0.144. The van der Waals surface area contributed by atoms with Crippen molar-refractivity contribution in [2.24, 2.45) is 5.92 Å². The number of piperazine rings is 1. The SMILES string of the molecule is CC1CN(c2cc(F)c(F)cc2F)C(C(C)C)CN1. The van der Waals surface area contributed by atoms with Gasteiger partial charge in [-0.1, -0.05) is 13.8 Å². The average molecular weight is 272 g/mol. The Labute approximate surface area is 111 Å². The van der Waals surface area contributed by atoms with Crippen LogP contribution < -0.4 is 10.2 Å². The highest BCUT2D eigenvalue weighted by Crippen LogP contribution is 2.28. The smallest absolute Gasteiger partial charge is 0.161 e. The summed E-state index contributed by atoms with van der Waals surface area (Å²) in [6.07, 6.45) is 0. The Bertz CT molecular complexity index is 462. The van der Waals surface area contributed by atoms with E-state index in [-0.39, 0.29) is 23.7 Å². The van der Waals surface area contributed by atoms with Crippen LogP contribution in [0.2, 0.25) is 0 Å². The normalized spacial score (nSPS) is 24.1. The number of hydrogen-bond donors (Lipinski definition) is 1. The fourth-order valence-corrected chi connectivity index (χ4v) is 2.53. The molecule has 1 N–H and O–H groups in total. The zero-order valence-corrected chi connectivity index (χ0v) is 11.4. The number of nitrogens with one attached hydrogen (secondary N) is 1. The maximum atomic E-state index is 13.9. The molecular weight excluding hydrogens is 253 g/mol. The molecule has 1 aromatic rings. The average Bonchev–Trinajstić information content (AvgIpc) is 2.33. The van der Waals surface area contributed by atoms with Gasteiger partial charge in [0.2, 0.25) is 0 Å². The summed E-state index contributed by atoms with van der Waals surface area (Å²) in [6, 6.07) is 1.82. The van der Waals surface area contributed by atoms with Crippen molar-refractivity contribution >= 4 is 5.69 Å². The van der Waals surface area contributed by atoms with E-state index >= 15 is 0 Å². The van der Waals surface area contributed by atoms with Gasteiger partial charge in [0.15, 0.2) is 11.6 Å². The van der Waals surface area contributed by atoms with Gasteiger partial charge in [-0.3, -0.25) is 0 Å². The number of anilines is 1. The van der Waals surface area contributed by atoms with Crippen molar-refractivity contribution in [3.8, 4) is 0 Å². The summed E-state index contributed by atoms with van der Waals surface area (Å²) in [5.74, 6) is -2.58. The number of benzene rings is 1. The number of rotatable bonds is 2. The van der Waals surface area contributed by atoms with Crippen LogP contribution in [0.3, 0.4) is 0 Å². The van der Waals surface area contributed by atoms with Gasteiger partial charge in [-0.15, -0.1) is 0 Å². The molecule has 106 valence electrons. The topological polar surface area (TPSA) is 15.3 Å². The van der Waals surface area contributed by atoms with Crippen LogP contribution in [-0.4, -0.2) is 25.2 Å². The van der Waals surface area contributed by atoms with Crippen LogP contribution in [0.15, 0.2) is 12.1 Å². The molecule has 19 heavy (non-hydrogen) atoms. The van der Waals surface area contributed by atoms with E-state index in [0.717, 1.165) is 6.07 Å². The van der Waals surface area contributed by atoms with Crippen molar-refractivity contribution in [3.05, 3.63) is 29.6 Å². The van der Waals surface area contributed by atoms with Crippen LogP contribution in [0.4, 0.5) is 18.9 Å². The molecule has 1 aliphatic heterocycles. The molecule has 1 saturated heterocycles. The van der Waals surface area contributed by atoms with E-state index in [1.807, 2.05) is 25.7 Å². The third-order valence-corrected chi connectivity index (χ3v) is 3.62. The van der Waals surface area contributed by atoms with Gasteiger partial charge >= 0.3 is 0 Å². The van der Waals surface area contributed by atoms with Gasteiger partial charge in [-0.05, 0) is 12.8 Å². The first kappa shape index (κ1) is 14.2. The fourth-order valence-electron chi connectivity index (χ4n) is 2.53. The molecule has 1 fully saturated rings. The zero-order valence-electron chi connectivity index (χ0n) is 11.4. The quantitative estimate of drug-likeness (QED) is 0.833. The maximum absolute atomic E-state index is 13.9. The second-order valence-electron chi connectivity index (χ2n) is 5.49. The molecule has 0 aromatic heterocycles.